The molecule has 0 aliphatic carbocycles. The van der Waals surface area contributed by atoms with Crippen molar-refractivity contribution in [2.45, 2.75) is 0 Å². The van der Waals surface area contributed by atoms with Crippen LogP contribution in [-0.4, -0.2) is 25.5 Å². The second-order valence-corrected chi connectivity index (χ2v) is 3.95. The SMILES string of the molecule is Cn1ccc(C(=O)c2cnc3ccccc3n2)n1. The van der Waals surface area contributed by atoms with Crippen molar-refractivity contribution < 1.29 is 4.79 Å². The topological polar surface area (TPSA) is 60.7 Å². The fourth-order valence-electron chi connectivity index (χ4n) is 1.73. The molecule has 0 radical (unpaired) electrons. The van der Waals surface area contributed by atoms with Gasteiger partial charge in [0.1, 0.15) is 11.4 Å². The van der Waals surface area contributed by atoms with Gasteiger partial charge < -0.3 is 0 Å². The minimum absolute atomic E-state index is 0.214. The summed E-state index contributed by atoms with van der Waals surface area (Å²) in [4.78, 5) is 20.6. The Kier molecular flexibility index (Phi) is 2.37. The van der Waals surface area contributed by atoms with E-state index >= 15 is 0 Å². The highest BCUT2D eigenvalue weighted by Crippen LogP contribution is 2.11. The molecule has 88 valence electrons. The molecular formula is C13H10N4O. The average molecular weight is 238 g/mol. The van der Waals surface area contributed by atoms with E-state index in [1.54, 1.807) is 24.0 Å². The third kappa shape index (κ3) is 1.75. The number of nitrogens with zero attached hydrogens (tertiary/aromatic N) is 4. The smallest absolute Gasteiger partial charge is 0.233 e. The van der Waals surface area contributed by atoms with Crippen LogP contribution in [0.1, 0.15) is 16.2 Å². The Bertz CT molecular complexity index is 732. The predicted octanol–water partition coefficient (Wildman–Crippen LogP) is 1.59. The molecule has 3 rings (SSSR count). The zero-order valence-corrected chi connectivity index (χ0v) is 9.74. The van der Waals surface area contributed by atoms with Crippen molar-refractivity contribution in [3.63, 3.8) is 0 Å². The molecule has 0 saturated heterocycles. The van der Waals surface area contributed by atoms with Crippen LogP contribution in [0.4, 0.5) is 0 Å². The lowest BCUT2D eigenvalue weighted by Crippen LogP contribution is -2.06. The van der Waals surface area contributed by atoms with Gasteiger partial charge in [0.25, 0.3) is 0 Å². The van der Waals surface area contributed by atoms with Gasteiger partial charge in [0.05, 0.1) is 17.2 Å². The maximum absolute atomic E-state index is 12.1. The Morgan fingerprint density at radius 1 is 1.11 bits per heavy atom. The van der Waals surface area contributed by atoms with Gasteiger partial charge in [0.2, 0.25) is 5.78 Å². The number of para-hydroxylation sites is 2. The first-order valence-corrected chi connectivity index (χ1v) is 5.50. The van der Waals surface area contributed by atoms with Crippen LogP contribution in [0.3, 0.4) is 0 Å². The molecule has 2 heterocycles. The molecule has 0 spiro atoms. The highest BCUT2D eigenvalue weighted by molar-refractivity contribution is 6.06. The quantitative estimate of drug-likeness (QED) is 0.636. The van der Waals surface area contributed by atoms with Crippen molar-refractivity contribution in [1.82, 2.24) is 19.7 Å². The molecular weight excluding hydrogens is 228 g/mol. The third-order valence-electron chi connectivity index (χ3n) is 2.63. The van der Waals surface area contributed by atoms with E-state index in [-0.39, 0.29) is 5.78 Å². The molecule has 5 nitrogen and oxygen atoms in total. The summed E-state index contributed by atoms with van der Waals surface area (Å²) in [6, 6.07) is 9.11. The molecule has 0 bridgehead atoms. The lowest BCUT2D eigenvalue weighted by molar-refractivity contribution is 0.102. The van der Waals surface area contributed by atoms with E-state index in [1.807, 2.05) is 24.3 Å². The first kappa shape index (κ1) is 10.6. The molecule has 0 amide bonds. The van der Waals surface area contributed by atoms with E-state index in [9.17, 15) is 4.79 Å². The van der Waals surface area contributed by atoms with Crippen LogP contribution in [-0.2, 0) is 7.05 Å². The normalized spacial score (nSPS) is 10.7. The van der Waals surface area contributed by atoms with Gasteiger partial charge in [0.15, 0.2) is 0 Å². The molecule has 0 aliphatic heterocycles. The third-order valence-corrected chi connectivity index (χ3v) is 2.63. The number of fused-ring (bicyclic) bond motifs is 1. The number of hydrogen-bond donors (Lipinski definition) is 0. The van der Waals surface area contributed by atoms with E-state index in [1.165, 1.54) is 6.20 Å². The van der Waals surface area contributed by atoms with Crippen molar-refractivity contribution in [1.29, 1.82) is 0 Å². The zero-order valence-electron chi connectivity index (χ0n) is 9.74. The van der Waals surface area contributed by atoms with Crippen molar-refractivity contribution in [3.8, 4) is 0 Å². The minimum atomic E-state index is -0.214. The summed E-state index contributed by atoms with van der Waals surface area (Å²) in [7, 11) is 1.77. The van der Waals surface area contributed by atoms with Gasteiger partial charge in [-0.1, -0.05) is 12.1 Å². The Labute approximate surface area is 103 Å². The van der Waals surface area contributed by atoms with Crippen LogP contribution in [0.5, 0.6) is 0 Å². The lowest BCUT2D eigenvalue weighted by atomic mass is 10.2. The Balaban J connectivity index is 2.06. The molecule has 5 heteroatoms. The fourth-order valence-corrected chi connectivity index (χ4v) is 1.73. The van der Waals surface area contributed by atoms with Crippen LogP contribution >= 0.6 is 0 Å². The van der Waals surface area contributed by atoms with E-state index in [0.717, 1.165) is 5.52 Å². The van der Waals surface area contributed by atoms with E-state index < -0.39 is 0 Å². The van der Waals surface area contributed by atoms with Crippen LogP contribution < -0.4 is 0 Å². The molecule has 0 saturated carbocycles. The number of carbonyl (C=O) groups excluding carboxylic acids is 1. The average Bonchev–Trinajstić information content (AvgIpc) is 2.84. The molecule has 0 unspecified atom stereocenters. The van der Waals surface area contributed by atoms with Gasteiger partial charge in [-0.15, -0.1) is 0 Å². The fraction of sp³-hybridized carbons (Fsp3) is 0.0769. The monoisotopic (exact) mass is 238 g/mol. The van der Waals surface area contributed by atoms with Crippen LogP contribution in [0.2, 0.25) is 0 Å². The number of aryl methyl sites for hydroxylation is 1. The minimum Gasteiger partial charge on any atom is -0.285 e. The highest BCUT2D eigenvalue weighted by Gasteiger charge is 2.14. The summed E-state index contributed by atoms with van der Waals surface area (Å²) in [5.41, 5.74) is 2.17. The molecule has 3 aromatic rings. The van der Waals surface area contributed by atoms with Crippen molar-refractivity contribution >= 4 is 16.8 Å². The summed E-state index contributed by atoms with van der Waals surface area (Å²) < 4.78 is 1.59. The Morgan fingerprint density at radius 2 is 1.89 bits per heavy atom. The Hall–Kier alpha value is -2.56. The number of rotatable bonds is 2. The van der Waals surface area contributed by atoms with Crippen molar-refractivity contribution in [2.24, 2.45) is 7.05 Å². The first-order valence-electron chi connectivity index (χ1n) is 5.50. The first-order chi connectivity index (χ1) is 8.74. The summed E-state index contributed by atoms with van der Waals surface area (Å²) in [5, 5.41) is 4.07. The number of benzene rings is 1. The van der Waals surface area contributed by atoms with Gasteiger partial charge in [0, 0.05) is 13.2 Å². The molecule has 18 heavy (non-hydrogen) atoms. The Morgan fingerprint density at radius 3 is 2.61 bits per heavy atom. The summed E-state index contributed by atoms with van der Waals surface area (Å²) >= 11 is 0. The second kappa shape index (κ2) is 4.03. The largest absolute Gasteiger partial charge is 0.285 e. The van der Waals surface area contributed by atoms with E-state index in [4.69, 9.17) is 0 Å². The van der Waals surface area contributed by atoms with E-state index in [2.05, 4.69) is 15.1 Å². The number of carbonyl (C=O) groups is 1. The van der Waals surface area contributed by atoms with E-state index in [0.29, 0.717) is 16.9 Å². The van der Waals surface area contributed by atoms with Gasteiger partial charge in [-0.3, -0.25) is 14.5 Å². The molecule has 0 atom stereocenters. The summed E-state index contributed by atoms with van der Waals surface area (Å²) in [6.07, 6.45) is 3.21. The zero-order chi connectivity index (χ0) is 12.5. The van der Waals surface area contributed by atoms with Gasteiger partial charge in [-0.05, 0) is 18.2 Å². The molecule has 0 N–H and O–H groups in total. The van der Waals surface area contributed by atoms with Crippen molar-refractivity contribution in [3.05, 3.63) is 54.1 Å². The van der Waals surface area contributed by atoms with Crippen LogP contribution in [0.25, 0.3) is 11.0 Å². The van der Waals surface area contributed by atoms with Crippen molar-refractivity contribution in [2.75, 3.05) is 0 Å². The molecule has 1 aromatic carbocycles. The number of ketones is 1. The summed E-state index contributed by atoms with van der Waals surface area (Å²) in [6.45, 7) is 0. The molecule has 0 aliphatic rings. The second-order valence-electron chi connectivity index (χ2n) is 3.95. The van der Waals surface area contributed by atoms with Gasteiger partial charge in [-0.2, -0.15) is 5.10 Å². The standard InChI is InChI=1S/C13H10N4O/c1-17-7-6-11(16-17)13(18)12-8-14-9-4-2-3-5-10(9)15-12/h2-8H,1H3. The predicted molar refractivity (Wildman–Crippen MR) is 66.2 cm³/mol. The molecule has 0 fully saturated rings. The van der Waals surface area contributed by atoms with Gasteiger partial charge >= 0.3 is 0 Å². The summed E-state index contributed by atoms with van der Waals surface area (Å²) in [5.74, 6) is -0.214. The van der Waals surface area contributed by atoms with Gasteiger partial charge in [-0.25, -0.2) is 4.98 Å². The maximum Gasteiger partial charge on any atom is 0.233 e. The highest BCUT2D eigenvalue weighted by atomic mass is 16.1. The van der Waals surface area contributed by atoms with Crippen LogP contribution in [0, 0.1) is 0 Å². The lowest BCUT2D eigenvalue weighted by Gasteiger charge is -1.99. The molecule has 2 aromatic heterocycles. The number of hydrogen-bond acceptors (Lipinski definition) is 4. The van der Waals surface area contributed by atoms with Crippen LogP contribution in [0.15, 0.2) is 42.7 Å². The number of aromatic nitrogens is 4. The maximum atomic E-state index is 12.1.